The van der Waals surface area contributed by atoms with Gasteiger partial charge in [-0.1, -0.05) is 0 Å². The molecule has 0 saturated carbocycles. The van der Waals surface area contributed by atoms with Crippen LogP contribution in [0, 0.1) is 5.82 Å². The molecule has 0 spiro atoms. The summed E-state index contributed by atoms with van der Waals surface area (Å²) >= 11 is 0. The maximum atomic E-state index is 14.1. The van der Waals surface area contributed by atoms with E-state index in [1.807, 2.05) is 4.90 Å². The summed E-state index contributed by atoms with van der Waals surface area (Å²) in [7, 11) is 0. The highest BCUT2D eigenvalue weighted by molar-refractivity contribution is 6.05. The molecule has 0 bridgehead atoms. The second-order valence-electron chi connectivity index (χ2n) is 6.59. The number of nitrogens with one attached hydrogen (secondary N) is 1. The molecule has 0 radical (unpaired) electrons. The minimum Gasteiger partial charge on any atom is -0.462 e. The van der Waals surface area contributed by atoms with Gasteiger partial charge in [-0.3, -0.25) is 4.79 Å². The molecule has 1 N–H and O–H groups in total. The molecule has 0 atom stereocenters. The highest BCUT2D eigenvalue weighted by Gasteiger charge is 2.38. The molecular formula is C20H19F4N3O4. The van der Waals surface area contributed by atoms with Crippen molar-refractivity contribution >= 4 is 23.3 Å². The number of pyridine rings is 1. The molecule has 0 unspecified atom stereocenters. The van der Waals surface area contributed by atoms with Gasteiger partial charge in [-0.15, -0.1) is 0 Å². The molecule has 1 fully saturated rings. The summed E-state index contributed by atoms with van der Waals surface area (Å²) < 4.78 is 63.5. The lowest BCUT2D eigenvalue weighted by Crippen LogP contribution is -2.36. The Balaban J connectivity index is 1.87. The fourth-order valence-electron chi connectivity index (χ4n) is 3.04. The van der Waals surface area contributed by atoms with Gasteiger partial charge in [-0.2, -0.15) is 13.2 Å². The van der Waals surface area contributed by atoms with Crippen molar-refractivity contribution in [2.45, 2.75) is 13.1 Å². The molecule has 3 rings (SSSR count). The van der Waals surface area contributed by atoms with Crippen molar-refractivity contribution in [3.63, 3.8) is 0 Å². The van der Waals surface area contributed by atoms with Crippen LogP contribution in [-0.2, 0) is 15.7 Å². The van der Waals surface area contributed by atoms with Crippen LogP contribution in [0.3, 0.4) is 0 Å². The van der Waals surface area contributed by atoms with Gasteiger partial charge in [-0.25, -0.2) is 14.2 Å². The van der Waals surface area contributed by atoms with E-state index >= 15 is 0 Å². The zero-order chi connectivity index (χ0) is 22.6. The molecule has 11 heteroatoms. The first-order valence-electron chi connectivity index (χ1n) is 9.38. The summed E-state index contributed by atoms with van der Waals surface area (Å²) in [5.74, 6) is -2.64. The van der Waals surface area contributed by atoms with E-state index in [0.29, 0.717) is 32.0 Å². The first kappa shape index (κ1) is 22.5. The predicted octanol–water partition coefficient (Wildman–Crippen LogP) is 3.51. The van der Waals surface area contributed by atoms with Crippen molar-refractivity contribution in [3.05, 3.63) is 53.1 Å². The van der Waals surface area contributed by atoms with Crippen molar-refractivity contribution in [2.75, 3.05) is 43.1 Å². The Bertz CT molecular complexity index is 975. The molecule has 1 aliphatic heterocycles. The Labute approximate surface area is 175 Å². The van der Waals surface area contributed by atoms with Crippen molar-refractivity contribution < 1.29 is 36.6 Å². The van der Waals surface area contributed by atoms with E-state index in [1.54, 1.807) is 0 Å². The van der Waals surface area contributed by atoms with Crippen LogP contribution in [0.1, 0.15) is 33.3 Å². The van der Waals surface area contributed by atoms with Gasteiger partial charge >= 0.3 is 12.1 Å². The Hall–Kier alpha value is -3.21. The number of hydrogen-bond donors (Lipinski definition) is 1. The van der Waals surface area contributed by atoms with E-state index in [0.717, 1.165) is 18.3 Å². The van der Waals surface area contributed by atoms with E-state index in [1.165, 1.54) is 19.1 Å². The lowest BCUT2D eigenvalue weighted by molar-refractivity contribution is -0.141. The van der Waals surface area contributed by atoms with E-state index in [2.05, 4.69) is 15.0 Å². The summed E-state index contributed by atoms with van der Waals surface area (Å²) in [4.78, 5) is 29.7. The number of anilines is 2. The molecular weight excluding hydrogens is 422 g/mol. The Kier molecular flexibility index (Phi) is 6.74. The van der Waals surface area contributed by atoms with Crippen LogP contribution in [0.5, 0.6) is 0 Å². The van der Waals surface area contributed by atoms with Crippen LogP contribution in [0.25, 0.3) is 0 Å². The Morgan fingerprint density at radius 3 is 2.55 bits per heavy atom. The first-order chi connectivity index (χ1) is 14.7. The highest BCUT2D eigenvalue weighted by Crippen LogP contribution is 2.32. The second kappa shape index (κ2) is 9.29. The van der Waals surface area contributed by atoms with E-state index in [-0.39, 0.29) is 17.9 Å². The number of esters is 1. The number of nitrogens with zero attached hydrogens (tertiary/aromatic N) is 2. The normalized spacial score (nSPS) is 14.3. The number of alkyl halides is 3. The lowest BCUT2D eigenvalue weighted by Gasteiger charge is -2.29. The van der Waals surface area contributed by atoms with E-state index in [4.69, 9.17) is 4.74 Å². The van der Waals surface area contributed by atoms with Gasteiger partial charge in [0, 0.05) is 24.3 Å². The van der Waals surface area contributed by atoms with Gasteiger partial charge in [0.15, 0.2) is 5.69 Å². The molecule has 1 aromatic carbocycles. The number of amides is 1. The van der Waals surface area contributed by atoms with Crippen LogP contribution in [0.15, 0.2) is 30.5 Å². The number of carbonyl (C=O) groups is 2. The standard InChI is InChI=1S/C20H19F4N3O4/c1-2-31-19(29)16-10-14(11-25-17(16)20(22,23)24)26-18(28)12-7-13(21)9-15(8-12)27-3-5-30-6-4-27/h7-11H,2-6H2,1H3,(H,26,28). The predicted molar refractivity (Wildman–Crippen MR) is 103 cm³/mol. The Morgan fingerprint density at radius 1 is 1.19 bits per heavy atom. The Morgan fingerprint density at radius 2 is 1.90 bits per heavy atom. The maximum absolute atomic E-state index is 14.1. The van der Waals surface area contributed by atoms with Crippen LogP contribution in [0.2, 0.25) is 0 Å². The molecule has 1 saturated heterocycles. The highest BCUT2D eigenvalue weighted by atomic mass is 19.4. The monoisotopic (exact) mass is 441 g/mol. The van der Waals surface area contributed by atoms with E-state index in [9.17, 15) is 27.2 Å². The van der Waals surface area contributed by atoms with Crippen LogP contribution >= 0.6 is 0 Å². The molecule has 0 aliphatic carbocycles. The fraction of sp³-hybridized carbons (Fsp3) is 0.350. The zero-order valence-corrected chi connectivity index (χ0v) is 16.5. The third kappa shape index (κ3) is 5.48. The van der Waals surface area contributed by atoms with Gasteiger partial charge < -0.3 is 19.7 Å². The SMILES string of the molecule is CCOC(=O)c1cc(NC(=O)c2cc(F)cc(N3CCOCC3)c2)cnc1C(F)(F)F. The number of aromatic nitrogens is 1. The molecule has 1 aliphatic rings. The summed E-state index contributed by atoms with van der Waals surface area (Å²) in [5, 5.41) is 2.35. The van der Waals surface area contributed by atoms with Gasteiger partial charge in [0.25, 0.3) is 5.91 Å². The van der Waals surface area contributed by atoms with Gasteiger partial charge in [-0.05, 0) is 31.2 Å². The molecule has 1 amide bonds. The van der Waals surface area contributed by atoms with Crippen molar-refractivity contribution in [2.24, 2.45) is 0 Å². The summed E-state index contributed by atoms with van der Waals surface area (Å²) in [6, 6.07) is 4.57. The second-order valence-corrected chi connectivity index (χ2v) is 6.59. The third-order valence-electron chi connectivity index (χ3n) is 4.43. The number of hydrogen-bond acceptors (Lipinski definition) is 6. The molecule has 2 heterocycles. The van der Waals surface area contributed by atoms with Gasteiger partial charge in [0.2, 0.25) is 0 Å². The first-order valence-corrected chi connectivity index (χ1v) is 9.38. The zero-order valence-electron chi connectivity index (χ0n) is 16.5. The molecule has 31 heavy (non-hydrogen) atoms. The molecule has 166 valence electrons. The number of carbonyl (C=O) groups excluding carboxylic acids is 2. The topological polar surface area (TPSA) is 80.8 Å². The molecule has 2 aromatic rings. The molecule has 1 aromatic heterocycles. The smallest absolute Gasteiger partial charge is 0.434 e. The largest absolute Gasteiger partial charge is 0.462 e. The number of rotatable bonds is 5. The van der Waals surface area contributed by atoms with Gasteiger partial charge in [0.1, 0.15) is 5.82 Å². The van der Waals surface area contributed by atoms with Crippen LogP contribution in [0.4, 0.5) is 28.9 Å². The lowest BCUT2D eigenvalue weighted by atomic mass is 10.1. The fourth-order valence-corrected chi connectivity index (χ4v) is 3.04. The average Bonchev–Trinajstić information content (AvgIpc) is 2.73. The summed E-state index contributed by atoms with van der Waals surface area (Å²) in [6.45, 7) is 3.28. The third-order valence-corrected chi connectivity index (χ3v) is 4.43. The van der Waals surface area contributed by atoms with Crippen molar-refractivity contribution in [1.29, 1.82) is 0 Å². The van der Waals surface area contributed by atoms with Crippen LogP contribution < -0.4 is 10.2 Å². The minimum atomic E-state index is -4.89. The quantitative estimate of drug-likeness (QED) is 0.565. The van der Waals surface area contributed by atoms with Crippen LogP contribution in [-0.4, -0.2) is 49.8 Å². The summed E-state index contributed by atoms with van der Waals surface area (Å²) in [5.41, 5.74) is -1.99. The van der Waals surface area contributed by atoms with Gasteiger partial charge in [0.05, 0.1) is 37.3 Å². The van der Waals surface area contributed by atoms with Crippen molar-refractivity contribution in [1.82, 2.24) is 4.98 Å². The maximum Gasteiger partial charge on any atom is 0.434 e. The van der Waals surface area contributed by atoms with Crippen molar-refractivity contribution in [3.8, 4) is 0 Å². The minimum absolute atomic E-state index is 0.0425. The number of benzene rings is 1. The summed E-state index contributed by atoms with van der Waals surface area (Å²) in [6.07, 6.45) is -4.12. The average molecular weight is 441 g/mol. The number of halogens is 4. The number of ether oxygens (including phenoxy) is 2. The number of morpholine rings is 1. The molecule has 7 nitrogen and oxygen atoms in total. The van der Waals surface area contributed by atoms with E-state index < -0.39 is 35.1 Å².